The Hall–Kier alpha value is -0.900. The molecule has 0 bridgehead atoms. The highest BCUT2D eigenvalue weighted by atomic mass is 32.1. The summed E-state index contributed by atoms with van der Waals surface area (Å²) in [7, 11) is 3.88. The number of hydrogen-bond acceptors (Lipinski definition) is 3. The van der Waals surface area contributed by atoms with Gasteiger partial charge in [0, 0.05) is 19.0 Å². The minimum atomic E-state index is 0.832. The third-order valence-corrected chi connectivity index (χ3v) is 2.40. The molecule has 0 radical (unpaired) electrons. The molecule has 4 heteroatoms. The Morgan fingerprint density at radius 3 is 2.50 bits per heavy atom. The number of aliphatic imine (C=N–C) groups is 1. The van der Waals surface area contributed by atoms with Crippen LogP contribution >= 0.6 is 11.3 Å². The van der Waals surface area contributed by atoms with Gasteiger partial charge in [0.25, 0.3) is 0 Å². The molecule has 0 amide bonds. The fraction of sp³-hybridized carbons (Fsp3) is 0.500. The number of thiazole rings is 1. The molecule has 1 heterocycles. The highest BCUT2D eigenvalue weighted by Gasteiger charge is 1.99. The van der Waals surface area contributed by atoms with E-state index >= 15 is 0 Å². The van der Waals surface area contributed by atoms with Gasteiger partial charge in [-0.15, -0.1) is 0 Å². The number of aryl methyl sites for hydroxylation is 2. The smallest absolute Gasteiger partial charge is 0.210 e. The van der Waals surface area contributed by atoms with E-state index in [-0.39, 0.29) is 0 Å². The van der Waals surface area contributed by atoms with E-state index in [1.807, 2.05) is 25.9 Å². The van der Waals surface area contributed by atoms with Crippen LogP contribution in [0, 0.1) is 13.8 Å². The summed E-state index contributed by atoms with van der Waals surface area (Å²) >= 11 is 1.62. The van der Waals surface area contributed by atoms with Gasteiger partial charge in [-0.1, -0.05) is 11.3 Å². The van der Waals surface area contributed by atoms with Gasteiger partial charge in [-0.05, 0) is 13.8 Å². The van der Waals surface area contributed by atoms with Gasteiger partial charge in [-0.25, -0.2) is 9.98 Å². The van der Waals surface area contributed by atoms with Crippen LogP contribution in [-0.4, -0.2) is 30.3 Å². The molecule has 0 fully saturated rings. The SMILES string of the molecule is Cc1nc(N=CN(C)C)sc1C. The molecule has 0 aromatic carbocycles. The van der Waals surface area contributed by atoms with Crippen molar-refractivity contribution in [2.75, 3.05) is 14.1 Å². The monoisotopic (exact) mass is 183 g/mol. The average molecular weight is 183 g/mol. The van der Waals surface area contributed by atoms with Crippen molar-refractivity contribution >= 4 is 22.8 Å². The highest BCUT2D eigenvalue weighted by Crippen LogP contribution is 2.23. The van der Waals surface area contributed by atoms with E-state index in [0.29, 0.717) is 0 Å². The fourth-order valence-electron chi connectivity index (χ4n) is 0.676. The summed E-state index contributed by atoms with van der Waals surface area (Å²) in [5.74, 6) is 0. The predicted molar refractivity (Wildman–Crippen MR) is 53.4 cm³/mol. The topological polar surface area (TPSA) is 28.5 Å². The second-order valence-corrected chi connectivity index (χ2v) is 4.03. The lowest BCUT2D eigenvalue weighted by atomic mass is 10.4. The van der Waals surface area contributed by atoms with Gasteiger partial charge in [0.15, 0.2) is 0 Å². The van der Waals surface area contributed by atoms with Crippen LogP contribution in [0.5, 0.6) is 0 Å². The largest absolute Gasteiger partial charge is 0.369 e. The molecule has 0 aliphatic rings. The first-order chi connectivity index (χ1) is 5.59. The normalized spacial score (nSPS) is 11.0. The van der Waals surface area contributed by atoms with Gasteiger partial charge in [0.05, 0.1) is 12.0 Å². The van der Waals surface area contributed by atoms with E-state index < -0.39 is 0 Å². The quantitative estimate of drug-likeness (QED) is 0.518. The lowest BCUT2D eigenvalue weighted by Crippen LogP contribution is -2.06. The molecular formula is C8H13N3S. The van der Waals surface area contributed by atoms with E-state index in [9.17, 15) is 0 Å². The van der Waals surface area contributed by atoms with Crippen LogP contribution in [0.25, 0.3) is 0 Å². The van der Waals surface area contributed by atoms with E-state index in [1.165, 1.54) is 4.88 Å². The highest BCUT2D eigenvalue weighted by molar-refractivity contribution is 7.15. The van der Waals surface area contributed by atoms with Crippen LogP contribution in [0.2, 0.25) is 0 Å². The maximum atomic E-state index is 4.28. The summed E-state index contributed by atoms with van der Waals surface area (Å²) in [6.07, 6.45) is 1.76. The second-order valence-electron chi connectivity index (χ2n) is 2.85. The minimum Gasteiger partial charge on any atom is -0.369 e. The number of nitrogens with zero attached hydrogens (tertiary/aromatic N) is 3. The van der Waals surface area contributed by atoms with Gasteiger partial charge in [-0.3, -0.25) is 0 Å². The first kappa shape index (κ1) is 9.19. The van der Waals surface area contributed by atoms with Crippen LogP contribution in [-0.2, 0) is 0 Å². The zero-order valence-electron chi connectivity index (χ0n) is 7.83. The summed E-state index contributed by atoms with van der Waals surface area (Å²) in [6.45, 7) is 4.06. The van der Waals surface area contributed by atoms with Gasteiger partial charge in [0.2, 0.25) is 5.13 Å². The van der Waals surface area contributed by atoms with Gasteiger partial charge in [0.1, 0.15) is 0 Å². The zero-order chi connectivity index (χ0) is 9.14. The summed E-state index contributed by atoms with van der Waals surface area (Å²) in [5.41, 5.74) is 1.07. The summed E-state index contributed by atoms with van der Waals surface area (Å²) < 4.78 is 0. The molecule has 1 rings (SSSR count). The van der Waals surface area contributed by atoms with Crippen molar-refractivity contribution in [2.45, 2.75) is 13.8 Å². The van der Waals surface area contributed by atoms with Crippen molar-refractivity contribution in [2.24, 2.45) is 4.99 Å². The lowest BCUT2D eigenvalue weighted by molar-refractivity contribution is 0.643. The van der Waals surface area contributed by atoms with Gasteiger partial charge >= 0.3 is 0 Å². The Kier molecular flexibility index (Phi) is 2.81. The van der Waals surface area contributed by atoms with E-state index in [0.717, 1.165) is 10.8 Å². The van der Waals surface area contributed by atoms with E-state index in [4.69, 9.17) is 0 Å². The second kappa shape index (κ2) is 3.67. The molecule has 1 aromatic rings. The van der Waals surface area contributed by atoms with Crippen LogP contribution in [0.4, 0.5) is 5.13 Å². The van der Waals surface area contributed by atoms with Crippen LogP contribution < -0.4 is 0 Å². The Balaban J connectivity index is 2.77. The van der Waals surface area contributed by atoms with Crippen molar-refractivity contribution in [3.05, 3.63) is 10.6 Å². The Morgan fingerprint density at radius 1 is 1.42 bits per heavy atom. The number of hydrogen-bond donors (Lipinski definition) is 0. The molecule has 0 spiro atoms. The van der Waals surface area contributed by atoms with Gasteiger partial charge < -0.3 is 4.90 Å². The fourth-order valence-corrected chi connectivity index (χ4v) is 1.43. The summed E-state index contributed by atoms with van der Waals surface area (Å²) in [6, 6.07) is 0. The first-order valence-electron chi connectivity index (χ1n) is 3.74. The predicted octanol–water partition coefficient (Wildman–Crippen LogP) is 1.98. The molecular weight excluding hydrogens is 170 g/mol. The van der Waals surface area contributed by atoms with E-state index in [2.05, 4.69) is 16.9 Å². The molecule has 3 nitrogen and oxygen atoms in total. The number of aromatic nitrogens is 1. The van der Waals surface area contributed by atoms with E-state index in [1.54, 1.807) is 17.7 Å². The molecule has 0 saturated heterocycles. The Labute approximate surface area is 76.8 Å². The molecule has 66 valence electrons. The molecule has 0 aliphatic carbocycles. The maximum Gasteiger partial charge on any atom is 0.210 e. The van der Waals surface area contributed by atoms with Crippen molar-refractivity contribution in [1.29, 1.82) is 0 Å². The van der Waals surface area contributed by atoms with Crippen molar-refractivity contribution in [1.82, 2.24) is 9.88 Å². The molecule has 0 aliphatic heterocycles. The molecule has 12 heavy (non-hydrogen) atoms. The Morgan fingerprint density at radius 2 is 2.08 bits per heavy atom. The number of rotatable bonds is 2. The van der Waals surface area contributed by atoms with Crippen molar-refractivity contribution < 1.29 is 0 Å². The molecule has 0 saturated carbocycles. The average Bonchev–Trinajstić information content (AvgIpc) is 2.28. The summed E-state index contributed by atoms with van der Waals surface area (Å²) in [4.78, 5) is 11.6. The molecule has 0 N–H and O–H groups in total. The maximum absolute atomic E-state index is 4.28. The standard InChI is InChI=1S/C8H13N3S/c1-6-7(2)12-8(10-6)9-5-11(3)4/h5H,1-4H3. The van der Waals surface area contributed by atoms with Crippen molar-refractivity contribution in [3.63, 3.8) is 0 Å². The van der Waals surface area contributed by atoms with Crippen LogP contribution in [0.15, 0.2) is 4.99 Å². The minimum absolute atomic E-state index is 0.832. The zero-order valence-corrected chi connectivity index (χ0v) is 8.64. The first-order valence-corrected chi connectivity index (χ1v) is 4.56. The lowest BCUT2D eigenvalue weighted by Gasteiger charge is -1.99. The molecule has 0 atom stereocenters. The van der Waals surface area contributed by atoms with Crippen molar-refractivity contribution in [3.8, 4) is 0 Å². The summed E-state index contributed by atoms with van der Waals surface area (Å²) in [5, 5.41) is 0.832. The van der Waals surface area contributed by atoms with Gasteiger partial charge in [-0.2, -0.15) is 0 Å². The molecule has 1 aromatic heterocycles. The molecule has 0 unspecified atom stereocenters. The van der Waals surface area contributed by atoms with Crippen LogP contribution in [0.1, 0.15) is 10.6 Å². The third-order valence-electron chi connectivity index (χ3n) is 1.42. The third kappa shape index (κ3) is 2.30. The Bertz CT molecular complexity index is 269. The van der Waals surface area contributed by atoms with Crippen LogP contribution in [0.3, 0.4) is 0 Å².